The van der Waals surface area contributed by atoms with Crippen LogP contribution in [0.4, 0.5) is 15.3 Å². The largest absolute Gasteiger partial charge is 0.514 e. The third kappa shape index (κ3) is 9.12. The zero-order valence-electron chi connectivity index (χ0n) is 23.4. The smallest absolute Gasteiger partial charge is 0.495 e. The Hall–Kier alpha value is -5.31. The van der Waals surface area contributed by atoms with Crippen molar-refractivity contribution in [1.82, 2.24) is 5.32 Å². The zero-order chi connectivity index (χ0) is 29.7. The van der Waals surface area contributed by atoms with E-state index in [9.17, 15) is 14.4 Å². The number of amides is 2. The summed E-state index contributed by atoms with van der Waals surface area (Å²) in [6.07, 6.45) is -1.44. The molecule has 1 atom stereocenters. The predicted molar refractivity (Wildman–Crippen MR) is 157 cm³/mol. The summed E-state index contributed by atoms with van der Waals surface area (Å²) in [6.45, 7) is 2.04. The van der Waals surface area contributed by atoms with Gasteiger partial charge in [0, 0.05) is 6.42 Å². The molecule has 0 aliphatic carbocycles. The average Bonchev–Trinajstić information content (AvgIpc) is 3.01. The van der Waals surface area contributed by atoms with Crippen LogP contribution in [-0.2, 0) is 33.9 Å². The van der Waals surface area contributed by atoms with Gasteiger partial charge in [-0.3, -0.25) is 4.79 Å². The second-order valence-electron chi connectivity index (χ2n) is 9.43. The number of methoxy groups -OCH3 is 1. The summed E-state index contributed by atoms with van der Waals surface area (Å²) in [5, 5.41) is 5.51. The fourth-order valence-electron chi connectivity index (χ4n) is 4.03. The van der Waals surface area contributed by atoms with Gasteiger partial charge in [-0.25, -0.2) is 9.59 Å². The van der Waals surface area contributed by atoms with Crippen LogP contribution in [0.25, 0.3) is 0 Å². The molecule has 0 radical (unpaired) electrons. The van der Waals surface area contributed by atoms with E-state index in [4.69, 9.17) is 18.9 Å². The summed E-state index contributed by atoms with van der Waals surface area (Å²) in [6, 6.07) is 29.5. The van der Waals surface area contributed by atoms with Crippen LogP contribution in [0.2, 0.25) is 0 Å². The third-order valence-corrected chi connectivity index (χ3v) is 6.20. The molecule has 0 aromatic heterocycles. The lowest BCUT2D eigenvalue weighted by Crippen LogP contribution is -2.45. The maximum absolute atomic E-state index is 13.4. The average molecular weight is 569 g/mol. The Kier molecular flexibility index (Phi) is 10.5. The lowest BCUT2D eigenvalue weighted by atomic mass is 10.0. The van der Waals surface area contributed by atoms with Crippen molar-refractivity contribution in [3.8, 4) is 11.5 Å². The monoisotopic (exact) mass is 568 g/mol. The fraction of sp³-hybridized carbons (Fsp3) is 0.182. The van der Waals surface area contributed by atoms with Crippen molar-refractivity contribution in [2.75, 3.05) is 12.4 Å². The van der Waals surface area contributed by atoms with Crippen LogP contribution in [0.5, 0.6) is 11.5 Å². The second-order valence-corrected chi connectivity index (χ2v) is 9.43. The van der Waals surface area contributed by atoms with Gasteiger partial charge in [-0.2, -0.15) is 0 Å². The van der Waals surface area contributed by atoms with E-state index in [1.165, 1.54) is 7.11 Å². The van der Waals surface area contributed by atoms with E-state index in [0.717, 1.165) is 16.7 Å². The maximum Gasteiger partial charge on any atom is 0.514 e. The number of alkyl carbamates (subject to hydrolysis) is 1. The fourth-order valence-corrected chi connectivity index (χ4v) is 4.03. The molecule has 4 aromatic carbocycles. The quantitative estimate of drug-likeness (QED) is 0.164. The summed E-state index contributed by atoms with van der Waals surface area (Å²) in [5.41, 5.74) is 3.77. The normalized spacial score (nSPS) is 11.1. The topological polar surface area (TPSA) is 112 Å². The highest BCUT2D eigenvalue weighted by molar-refractivity contribution is 5.98. The van der Waals surface area contributed by atoms with Crippen molar-refractivity contribution in [2.24, 2.45) is 0 Å². The van der Waals surface area contributed by atoms with Gasteiger partial charge in [0.05, 0.1) is 12.8 Å². The van der Waals surface area contributed by atoms with Crippen LogP contribution in [0, 0.1) is 6.92 Å². The first-order chi connectivity index (χ1) is 20.4. The van der Waals surface area contributed by atoms with Crippen LogP contribution in [0.15, 0.2) is 103 Å². The zero-order valence-corrected chi connectivity index (χ0v) is 23.4. The molecule has 4 aromatic rings. The number of nitrogens with one attached hydrogen (secondary N) is 2. The van der Waals surface area contributed by atoms with Crippen molar-refractivity contribution < 1.29 is 33.3 Å². The molecular weight excluding hydrogens is 536 g/mol. The first kappa shape index (κ1) is 29.7. The Morgan fingerprint density at radius 3 is 1.98 bits per heavy atom. The molecule has 0 aliphatic rings. The molecule has 0 saturated heterocycles. The van der Waals surface area contributed by atoms with E-state index >= 15 is 0 Å². The van der Waals surface area contributed by atoms with E-state index in [1.54, 1.807) is 36.4 Å². The highest BCUT2D eigenvalue weighted by Crippen LogP contribution is 2.25. The van der Waals surface area contributed by atoms with Crippen LogP contribution < -0.4 is 20.1 Å². The lowest BCUT2D eigenvalue weighted by molar-refractivity contribution is -0.118. The molecule has 42 heavy (non-hydrogen) atoms. The molecule has 2 N–H and O–H groups in total. The van der Waals surface area contributed by atoms with Gasteiger partial charge in [0.25, 0.3) is 0 Å². The molecule has 9 nitrogen and oxygen atoms in total. The van der Waals surface area contributed by atoms with E-state index in [-0.39, 0.29) is 25.4 Å². The number of aryl methyl sites for hydroxylation is 1. The lowest BCUT2D eigenvalue weighted by Gasteiger charge is -2.20. The first-order valence-electron chi connectivity index (χ1n) is 13.3. The number of benzene rings is 4. The molecule has 0 spiro atoms. The summed E-state index contributed by atoms with van der Waals surface area (Å²) in [7, 11) is 1.51. The number of hydrogen-bond acceptors (Lipinski definition) is 7. The van der Waals surface area contributed by atoms with Crippen molar-refractivity contribution in [1.29, 1.82) is 0 Å². The van der Waals surface area contributed by atoms with Gasteiger partial charge >= 0.3 is 12.2 Å². The molecule has 0 heterocycles. The molecule has 216 valence electrons. The number of carbonyl (C=O) groups excluding carboxylic acids is 3. The van der Waals surface area contributed by atoms with Gasteiger partial charge in [-0.15, -0.1) is 0 Å². The highest BCUT2D eigenvalue weighted by atomic mass is 16.7. The Balaban J connectivity index is 1.41. The van der Waals surface area contributed by atoms with Gasteiger partial charge < -0.3 is 29.6 Å². The van der Waals surface area contributed by atoms with Crippen molar-refractivity contribution in [3.05, 3.63) is 125 Å². The van der Waals surface area contributed by atoms with Gasteiger partial charge in [0.15, 0.2) is 0 Å². The molecule has 4 rings (SSSR count). The second kappa shape index (κ2) is 14.9. The Morgan fingerprint density at radius 2 is 1.36 bits per heavy atom. The van der Waals surface area contributed by atoms with Crippen LogP contribution >= 0.6 is 0 Å². The predicted octanol–water partition coefficient (Wildman–Crippen LogP) is 6.20. The highest BCUT2D eigenvalue weighted by Gasteiger charge is 2.23. The van der Waals surface area contributed by atoms with E-state index in [0.29, 0.717) is 17.0 Å². The molecule has 0 saturated carbocycles. The van der Waals surface area contributed by atoms with Crippen molar-refractivity contribution in [3.63, 3.8) is 0 Å². The van der Waals surface area contributed by atoms with Crippen molar-refractivity contribution in [2.45, 2.75) is 32.6 Å². The number of anilines is 1. The summed E-state index contributed by atoms with van der Waals surface area (Å²) < 4.78 is 21.1. The van der Waals surface area contributed by atoms with Gasteiger partial charge in [0.1, 0.15) is 30.8 Å². The minimum atomic E-state index is -0.985. The van der Waals surface area contributed by atoms with E-state index in [1.807, 2.05) is 73.7 Å². The maximum atomic E-state index is 13.4. The molecule has 0 unspecified atom stereocenters. The number of ether oxygens (including phenoxy) is 4. The van der Waals surface area contributed by atoms with Crippen LogP contribution in [-0.4, -0.2) is 31.3 Å². The summed E-state index contributed by atoms with van der Waals surface area (Å²) in [4.78, 5) is 38.2. The van der Waals surface area contributed by atoms with Gasteiger partial charge in [0.2, 0.25) is 5.91 Å². The Bertz CT molecular complexity index is 1480. The minimum Gasteiger partial charge on any atom is -0.495 e. The molecule has 0 bridgehead atoms. The molecular formula is C33H32N2O7. The number of hydrogen-bond donors (Lipinski definition) is 2. The van der Waals surface area contributed by atoms with Crippen molar-refractivity contribution >= 4 is 23.8 Å². The van der Waals surface area contributed by atoms with Gasteiger partial charge in [-0.1, -0.05) is 78.9 Å². The van der Waals surface area contributed by atoms with Crippen LogP contribution in [0.1, 0.15) is 22.3 Å². The van der Waals surface area contributed by atoms with E-state index in [2.05, 4.69) is 10.6 Å². The van der Waals surface area contributed by atoms with E-state index < -0.39 is 24.2 Å². The molecule has 2 amide bonds. The third-order valence-electron chi connectivity index (χ3n) is 6.20. The summed E-state index contributed by atoms with van der Waals surface area (Å²) in [5.74, 6) is 0.304. The molecule has 0 aliphatic heterocycles. The number of rotatable bonds is 11. The number of carbonyl (C=O) groups is 3. The standard InChI is InChI=1S/C33H32N2O7/c1-23-13-18-30(39-2)28(19-23)34-31(36)29(35-32(37)40-21-25-9-5-3-6-10-25)20-24-14-16-27(17-15-24)42-33(38)41-22-26-11-7-4-8-12-26/h3-19,29H,20-22H2,1-2H3,(H,34,36)(H,35,37)/t29-/m0/s1. The van der Waals surface area contributed by atoms with Gasteiger partial charge in [-0.05, 0) is 53.4 Å². The summed E-state index contributed by atoms with van der Waals surface area (Å²) >= 11 is 0. The Morgan fingerprint density at radius 1 is 0.738 bits per heavy atom. The minimum absolute atomic E-state index is 0.0547. The first-order valence-corrected chi connectivity index (χ1v) is 13.3. The molecule has 9 heteroatoms. The SMILES string of the molecule is COc1ccc(C)cc1NC(=O)[C@H](Cc1ccc(OC(=O)OCc2ccccc2)cc1)NC(=O)OCc1ccccc1. The molecule has 0 fully saturated rings. The van der Waals surface area contributed by atoms with Crippen LogP contribution in [0.3, 0.4) is 0 Å². The Labute approximate surface area is 244 Å².